The van der Waals surface area contributed by atoms with Gasteiger partial charge in [-0.3, -0.25) is 9.69 Å². The highest BCUT2D eigenvalue weighted by Crippen LogP contribution is 2.18. The fourth-order valence-corrected chi connectivity index (χ4v) is 3.70. The molecule has 2 N–H and O–H groups in total. The van der Waals surface area contributed by atoms with Gasteiger partial charge in [0.2, 0.25) is 5.91 Å². The van der Waals surface area contributed by atoms with Crippen molar-refractivity contribution in [3.8, 4) is 0 Å². The van der Waals surface area contributed by atoms with E-state index in [0.29, 0.717) is 6.42 Å². The molecule has 0 bridgehead atoms. The summed E-state index contributed by atoms with van der Waals surface area (Å²) < 4.78 is 0. The van der Waals surface area contributed by atoms with Crippen LogP contribution >= 0.6 is 24.8 Å². The second kappa shape index (κ2) is 11.0. The molecule has 148 valence electrons. The standard InChI is InChI=1S/C19H30N4O.2ClH/c1-16-4-2-6-18(14-16)22-12-10-21(11-13-22)9-7-19(24)23-8-3-5-17(20)15-23;;/h2,4,6,14,17H,3,5,7-13,15,20H2,1H3;2*1H. The Labute approximate surface area is 169 Å². The van der Waals surface area contributed by atoms with Crippen molar-refractivity contribution in [2.75, 3.05) is 50.7 Å². The summed E-state index contributed by atoms with van der Waals surface area (Å²) >= 11 is 0. The fourth-order valence-electron chi connectivity index (χ4n) is 3.70. The zero-order valence-corrected chi connectivity index (χ0v) is 17.2. The first-order valence-corrected chi connectivity index (χ1v) is 9.19. The van der Waals surface area contributed by atoms with Crippen molar-refractivity contribution in [3.05, 3.63) is 29.8 Å². The van der Waals surface area contributed by atoms with E-state index >= 15 is 0 Å². The smallest absolute Gasteiger partial charge is 0.223 e. The van der Waals surface area contributed by atoms with Gasteiger partial charge in [0.05, 0.1) is 0 Å². The summed E-state index contributed by atoms with van der Waals surface area (Å²) in [5.74, 6) is 0.270. The molecule has 1 unspecified atom stereocenters. The zero-order chi connectivity index (χ0) is 16.9. The van der Waals surface area contributed by atoms with E-state index in [2.05, 4.69) is 41.0 Å². The van der Waals surface area contributed by atoms with E-state index in [-0.39, 0.29) is 36.8 Å². The Bertz CT molecular complexity index is 564. The molecule has 0 aromatic heterocycles. The van der Waals surface area contributed by atoms with Gasteiger partial charge in [-0.2, -0.15) is 0 Å². The van der Waals surface area contributed by atoms with E-state index in [1.807, 2.05) is 4.90 Å². The van der Waals surface area contributed by atoms with Crippen LogP contribution in [-0.2, 0) is 4.79 Å². The second-order valence-electron chi connectivity index (χ2n) is 7.16. The Hall–Kier alpha value is -1.01. The molecule has 0 aliphatic carbocycles. The summed E-state index contributed by atoms with van der Waals surface area (Å²) in [6.07, 6.45) is 2.71. The predicted octanol–water partition coefficient (Wildman–Crippen LogP) is 2.30. The molecule has 26 heavy (non-hydrogen) atoms. The van der Waals surface area contributed by atoms with Gasteiger partial charge in [-0.05, 0) is 37.5 Å². The first-order valence-electron chi connectivity index (χ1n) is 9.19. The number of benzene rings is 1. The van der Waals surface area contributed by atoms with Crippen LogP contribution in [0.5, 0.6) is 0 Å². The van der Waals surface area contributed by atoms with E-state index in [1.54, 1.807) is 0 Å². The first-order chi connectivity index (χ1) is 11.6. The number of rotatable bonds is 4. The van der Waals surface area contributed by atoms with Gasteiger partial charge in [-0.1, -0.05) is 12.1 Å². The van der Waals surface area contributed by atoms with Crippen LogP contribution < -0.4 is 10.6 Å². The number of hydrogen-bond acceptors (Lipinski definition) is 4. The van der Waals surface area contributed by atoms with E-state index in [4.69, 9.17) is 5.73 Å². The molecule has 0 saturated carbocycles. The van der Waals surface area contributed by atoms with Crippen LogP contribution in [0.15, 0.2) is 24.3 Å². The number of piperazine rings is 1. The summed E-state index contributed by atoms with van der Waals surface area (Å²) in [6.45, 7) is 8.75. The van der Waals surface area contributed by atoms with Gasteiger partial charge in [0.1, 0.15) is 0 Å². The Kier molecular flexibility index (Phi) is 9.72. The van der Waals surface area contributed by atoms with Crippen molar-refractivity contribution in [2.24, 2.45) is 5.73 Å². The van der Waals surface area contributed by atoms with E-state index < -0.39 is 0 Å². The lowest BCUT2D eigenvalue weighted by atomic mass is 10.1. The number of piperidine rings is 1. The number of carbonyl (C=O) groups excluding carboxylic acids is 1. The van der Waals surface area contributed by atoms with Gasteiger partial charge in [0, 0.05) is 64.0 Å². The minimum Gasteiger partial charge on any atom is -0.369 e. The van der Waals surface area contributed by atoms with E-state index in [1.165, 1.54) is 11.3 Å². The molecular formula is C19H32Cl2N4O. The van der Waals surface area contributed by atoms with Crippen molar-refractivity contribution in [3.63, 3.8) is 0 Å². The Morgan fingerprint density at radius 1 is 1.15 bits per heavy atom. The molecule has 2 aliphatic heterocycles. The monoisotopic (exact) mass is 402 g/mol. The summed E-state index contributed by atoms with van der Waals surface area (Å²) in [5.41, 5.74) is 8.59. The Balaban J connectivity index is 0.00000169. The normalized spacial score (nSPS) is 20.9. The van der Waals surface area contributed by atoms with Crippen molar-refractivity contribution in [2.45, 2.75) is 32.2 Å². The van der Waals surface area contributed by atoms with E-state index in [0.717, 1.165) is 58.7 Å². The van der Waals surface area contributed by atoms with Gasteiger partial charge in [0.15, 0.2) is 0 Å². The van der Waals surface area contributed by atoms with Crippen molar-refractivity contribution in [1.82, 2.24) is 9.80 Å². The second-order valence-corrected chi connectivity index (χ2v) is 7.16. The van der Waals surface area contributed by atoms with Gasteiger partial charge in [0.25, 0.3) is 0 Å². The third kappa shape index (κ3) is 6.31. The van der Waals surface area contributed by atoms with Crippen molar-refractivity contribution >= 4 is 36.4 Å². The zero-order valence-electron chi connectivity index (χ0n) is 15.6. The topological polar surface area (TPSA) is 52.8 Å². The first kappa shape index (κ1) is 23.0. The summed E-state index contributed by atoms with van der Waals surface area (Å²) in [6, 6.07) is 8.86. The number of nitrogens with zero attached hydrogens (tertiary/aromatic N) is 3. The van der Waals surface area contributed by atoms with Crippen LogP contribution in [0.1, 0.15) is 24.8 Å². The molecule has 5 nitrogen and oxygen atoms in total. The lowest BCUT2D eigenvalue weighted by molar-refractivity contribution is -0.132. The average molecular weight is 403 g/mol. The maximum atomic E-state index is 12.3. The lowest BCUT2D eigenvalue weighted by Gasteiger charge is -2.37. The maximum Gasteiger partial charge on any atom is 0.223 e. The highest BCUT2D eigenvalue weighted by molar-refractivity contribution is 5.85. The number of carbonyl (C=O) groups is 1. The lowest BCUT2D eigenvalue weighted by Crippen LogP contribution is -2.49. The molecule has 0 spiro atoms. The van der Waals surface area contributed by atoms with Crippen LogP contribution in [0.2, 0.25) is 0 Å². The molecule has 1 atom stereocenters. The van der Waals surface area contributed by atoms with Gasteiger partial charge in [-0.15, -0.1) is 24.8 Å². The number of likely N-dealkylation sites (tertiary alicyclic amines) is 1. The highest BCUT2D eigenvalue weighted by Gasteiger charge is 2.23. The van der Waals surface area contributed by atoms with Crippen molar-refractivity contribution < 1.29 is 4.79 Å². The van der Waals surface area contributed by atoms with Crippen LogP contribution in [0, 0.1) is 6.92 Å². The van der Waals surface area contributed by atoms with Crippen LogP contribution in [0.4, 0.5) is 5.69 Å². The van der Waals surface area contributed by atoms with Crippen molar-refractivity contribution in [1.29, 1.82) is 0 Å². The number of anilines is 1. The third-order valence-electron chi connectivity index (χ3n) is 5.19. The fraction of sp³-hybridized carbons (Fsp3) is 0.632. The average Bonchev–Trinajstić information content (AvgIpc) is 2.60. The molecule has 2 saturated heterocycles. The Morgan fingerprint density at radius 2 is 1.88 bits per heavy atom. The molecule has 2 fully saturated rings. The quantitative estimate of drug-likeness (QED) is 0.839. The highest BCUT2D eigenvalue weighted by atomic mass is 35.5. The molecule has 7 heteroatoms. The number of hydrogen-bond donors (Lipinski definition) is 1. The van der Waals surface area contributed by atoms with Crippen LogP contribution in [-0.4, -0.2) is 67.6 Å². The molecule has 2 aliphatic rings. The van der Waals surface area contributed by atoms with Gasteiger partial charge < -0.3 is 15.5 Å². The summed E-state index contributed by atoms with van der Waals surface area (Å²) in [4.78, 5) is 19.1. The van der Waals surface area contributed by atoms with Crippen LogP contribution in [0.25, 0.3) is 0 Å². The molecule has 2 heterocycles. The number of aryl methyl sites for hydroxylation is 1. The number of amides is 1. The summed E-state index contributed by atoms with van der Waals surface area (Å²) in [7, 11) is 0. The largest absolute Gasteiger partial charge is 0.369 e. The molecule has 1 aromatic rings. The summed E-state index contributed by atoms with van der Waals surface area (Å²) in [5, 5.41) is 0. The SMILES string of the molecule is Cc1cccc(N2CCN(CCC(=O)N3CCCC(N)C3)CC2)c1.Cl.Cl. The van der Waals surface area contributed by atoms with E-state index in [9.17, 15) is 4.79 Å². The van der Waals surface area contributed by atoms with Gasteiger partial charge >= 0.3 is 0 Å². The minimum atomic E-state index is 0. The maximum absolute atomic E-state index is 12.3. The Morgan fingerprint density at radius 3 is 2.54 bits per heavy atom. The number of nitrogens with two attached hydrogens (primary N) is 1. The molecular weight excluding hydrogens is 371 g/mol. The molecule has 1 aromatic carbocycles. The number of halogens is 2. The molecule has 0 radical (unpaired) electrons. The molecule has 3 rings (SSSR count). The molecule has 1 amide bonds. The van der Waals surface area contributed by atoms with Crippen LogP contribution in [0.3, 0.4) is 0 Å². The van der Waals surface area contributed by atoms with Gasteiger partial charge in [-0.25, -0.2) is 0 Å². The minimum absolute atomic E-state index is 0. The predicted molar refractivity (Wildman–Crippen MR) is 113 cm³/mol. The third-order valence-corrected chi connectivity index (χ3v) is 5.19.